The highest BCUT2D eigenvalue weighted by Crippen LogP contribution is 2.42. The highest BCUT2D eigenvalue weighted by Gasteiger charge is 2.44. The van der Waals surface area contributed by atoms with Crippen LogP contribution in [-0.4, -0.2) is 50.8 Å². The molecule has 0 saturated carbocycles. The normalized spacial score (nSPS) is 23.2. The fraction of sp³-hybridized carbons (Fsp3) is 0.647. The molecule has 122 valence electrons. The molecule has 0 bridgehead atoms. The maximum absolute atomic E-state index is 13.0. The third-order valence-electron chi connectivity index (χ3n) is 5.42. The van der Waals surface area contributed by atoms with Gasteiger partial charge in [-0.15, -0.1) is 0 Å². The fourth-order valence-corrected chi connectivity index (χ4v) is 5.63. The quantitative estimate of drug-likeness (QED) is 0.858. The summed E-state index contributed by atoms with van der Waals surface area (Å²) in [6.45, 7) is 5.54. The van der Waals surface area contributed by atoms with Crippen molar-refractivity contribution in [3.63, 3.8) is 0 Å². The molecular formula is C17H26N2O2S. The van der Waals surface area contributed by atoms with Gasteiger partial charge in [0.25, 0.3) is 0 Å². The monoisotopic (exact) mass is 322 g/mol. The van der Waals surface area contributed by atoms with E-state index in [4.69, 9.17) is 0 Å². The number of piperidine rings is 1. The molecule has 22 heavy (non-hydrogen) atoms. The molecule has 1 aromatic carbocycles. The van der Waals surface area contributed by atoms with Crippen LogP contribution in [0.5, 0.6) is 0 Å². The van der Waals surface area contributed by atoms with Crippen molar-refractivity contribution < 1.29 is 8.42 Å². The Morgan fingerprint density at radius 1 is 1.09 bits per heavy atom. The van der Waals surface area contributed by atoms with E-state index in [0.717, 1.165) is 44.3 Å². The largest absolute Gasteiger partial charge is 0.306 e. The summed E-state index contributed by atoms with van der Waals surface area (Å²) in [5, 5.41) is 0. The van der Waals surface area contributed by atoms with Crippen LogP contribution in [0.25, 0.3) is 0 Å². The van der Waals surface area contributed by atoms with Crippen LogP contribution in [0.1, 0.15) is 31.7 Å². The van der Waals surface area contributed by atoms with Gasteiger partial charge >= 0.3 is 0 Å². The molecule has 0 amide bonds. The van der Waals surface area contributed by atoms with Gasteiger partial charge in [-0.1, -0.05) is 25.1 Å². The zero-order chi connectivity index (χ0) is 15.8. The molecule has 2 fully saturated rings. The Morgan fingerprint density at radius 3 is 2.41 bits per heavy atom. The number of sulfonamides is 1. The topological polar surface area (TPSA) is 40.6 Å². The predicted molar refractivity (Wildman–Crippen MR) is 88.4 cm³/mol. The molecule has 2 saturated heterocycles. The minimum absolute atomic E-state index is 0.209. The smallest absolute Gasteiger partial charge is 0.243 e. The van der Waals surface area contributed by atoms with Crippen LogP contribution in [0.2, 0.25) is 0 Å². The van der Waals surface area contributed by atoms with E-state index in [2.05, 4.69) is 11.9 Å². The van der Waals surface area contributed by atoms with Crippen molar-refractivity contribution in [2.45, 2.75) is 37.5 Å². The highest BCUT2D eigenvalue weighted by molar-refractivity contribution is 7.89. The summed E-state index contributed by atoms with van der Waals surface area (Å²) in [5.74, 6) is 0. The van der Waals surface area contributed by atoms with Crippen molar-refractivity contribution in [2.24, 2.45) is 5.41 Å². The van der Waals surface area contributed by atoms with Gasteiger partial charge in [0.05, 0.1) is 4.90 Å². The Bertz CT molecular complexity index is 634. The molecule has 5 heteroatoms. The first kappa shape index (κ1) is 16.0. The molecule has 0 N–H and O–H groups in total. The van der Waals surface area contributed by atoms with Gasteiger partial charge in [-0.3, -0.25) is 0 Å². The molecular weight excluding hydrogens is 296 g/mol. The summed E-state index contributed by atoms with van der Waals surface area (Å²) in [6, 6.07) is 7.43. The Morgan fingerprint density at radius 2 is 1.73 bits per heavy atom. The summed E-state index contributed by atoms with van der Waals surface area (Å²) >= 11 is 0. The zero-order valence-electron chi connectivity index (χ0n) is 13.6. The van der Waals surface area contributed by atoms with E-state index in [1.807, 2.05) is 25.1 Å². The molecule has 0 unspecified atom stereocenters. The molecule has 1 spiro atoms. The van der Waals surface area contributed by atoms with E-state index in [1.54, 1.807) is 10.4 Å². The molecule has 4 nitrogen and oxygen atoms in total. The average Bonchev–Trinajstić information content (AvgIpc) is 2.95. The molecule has 2 aliphatic heterocycles. The van der Waals surface area contributed by atoms with Gasteiger partial charge in [0.1, 0.15) is 0 Å². The van der Waals surface area contributed by atoms with E-state index in [9.17, 15) is 8.42 Å². The average molecular weight is 322 g/mol. The van der Waals surface area contributed by atoms with Gasteiger partial charge in [0.15, 0.2) is 0 Å². The standard InChI is InChI=1S/C17H26N2O2S/c1-3-15-6-4-5-7-16(15)22(20,21)19-13-10-17(14-19)8-11-18(2)12-9-17/h4-7H,3,8-14H2,1-2H3. The van der Waals surface area contributed by atoms with Crippen molar-refractivity contribution in [2.75, 3.05) is 33.2 Å². The van der Waals surface area contributed by atoms with Crippen LogP contribution in [0.15, 0.2) is 29.2 Å². The lowest BCUT2D eigenvalue weighted by Crippen LogP contribution is -2.40. The van der Waals surface area contributed by atoms with Gasteiger partial charge < -0.3 is 4.90 Å². The lowest BCUT2D eigenvalue weighted by atomic mass is 9.78. The summed E-state index contributed by atoms with van der Waals surface area (Å²) in [7, 11) is -1.20. The first-order valence-corrected chi connectivity index (χ1v) is 9.67. The number of likely N-dealkylation sites (tertiary alicyclic amines) is 1. The summed E-state index contributed by atoms with van der Waals surface area (Å²) in [6.07, 6.45) is 3.99. The maximum atomic E-state index is 13.0. The molecule has 2 aliphatic rings. The second kappa shape index (κ2) is 5.95. The number of rotatable bonds is 3. The highest BCUT2D eigenvalue weighted by atomic mass is 32.2. The van der Waals surface area contributed by atoms with Crippen molar-refractivity contribution >= 4 is 10.0 Å². The van der Waals surface area contributed by atoms with Crippen LogP contribution in [0.3, 0.4) is 0 Å². The van der Waals surface area contributed by atoms with E-state index < -0.39 is 10.0 Å². The van der Waals surface area contributed by atoms with Crippen LogP contribution in [0.4, 0.5) is 0 Å². The third kappa shape index (κ3) is 2.82. The van der Waals surface area contributed by atoms with Crippen LogP contribution in [-0.2, 0) is 16.4 Å². The summed E-state index contributed by atoms with van der Waals surface area (Å²) < 4.78 is 27.8. The number of nitrogens with zero attached hydrogens (tertiary/aromatic N) is 2. The van der Waals surface area contributed by atoms with Crippen molar-refractivity contribution in [3.05, 3.63) is 29.8 Å². The van der Waals surface area contributed by atoms with Crippen LogP contribution < -0.4 is 0 Å². The molecule has 0 aliphatic carbocycles. The SMILES string of the molecule is CCc1ccccc1S(=O)(=O)N1CCC2(CCN(C)CC2)C1. The number of hydrogen-bond donors (Lipinski definition) is 0. The minimum atomic E-state index is -3.35. The van der Waals surface area contributed by atoms with Crippen molar-refractivity contribution in [1.29, 1.82) is 0 Å². The maximum Gasteiger partial charge on any atom is 0.243 e. The summed E-state index contributed by atoms with van der Waals surface area (Å²) in [4.78, 5) is 2.84. The minimum Gasteiger partial charge on any atom is -0.306 e. The lowest BCUT2D eigenvalue weighted by Gasteiger charge is -2.37. The lowest BCUT2D eigenvalue weighted by molar-refractivity contribution is 0.134. The second-order valence-electron chi connectivity index (χ2n) is 6.85. The molecule has 0 radical (unpaired) electrons. The van der Waals surface area contributed by atoms with E-state index in [0.29, 0.717) is 18.0 Å². The Labute approximate surface area is 134 Å². The van der Waals surface area contributed by atoms with Gasteiger partial charge in [-0.25, -0.2) is 8.42 Å². The van der Waals surface area contributed by atoms with E-state index in [1.165, 1.54) is 0 Å². The molecule has 0 atom stereocenters. The Balaban J connectivity index is 1.83. The number of benzene rings is 1. The van der Waals surface area contributed by atoms with Gasteiger partial charge in [-0.05, 0) is 62.9 Å². The predicted octanol–water partition coefficient (Wildman–Crippen LogP) is 2.36. The third-order valence-corrected chi connectivity index (χ3v) is 7.37. The number of hydrogen-bond acceptors (Lipinski definition) is 3. The van der Waals surface area contributed by atoms with Crippen LogP contribution >= 0.6 is 0 Å². The molecule has 0 aromatic heterocycles. The first-order valence-electron chi connectivity index (χ1n) is 8.23. The van der Waals surface area contributed by atoms with Crippen molar-refractivity contribution in [1.82, 2.24) is 9.21 Å². The van der Waals surface area contributed by atoms with Crippen molar-refractivity contribution in [3.8, 4) is 0 Å². The first-order chi connectivity index (χ1) is 10.5. The van der Waals surface area contributed by atoms with E-state index >= 15 is 0 Å². The zero-order valence-corrected chi connectivity index (χ0v) is 14.4. The van der Waals surface area contributed by atoms with Crippen LogP contribution in [0, 0.1) is 5.41 Å². The van der Waals surface area contributed by atoms with Gasteiger partial charge in [0.2, 0.25) is 10.0 Å². The summed E-state index contributed by atoms with van der Waals surface area (Å²) in [5.41, 5.74) is 1.13. The molecule has 2 heterocycles. The number of aryl methyl sites for hydroxylation is 1. The Hall–Kier alpha value is -0.910. The molecule has 3 rings (SSSR count). The second-order valence-corrected chi connectivity index (χ2v) is 8.76. The van der Waals surface area contributed by atoms with E-state index in [-0.39, 0.29) is 5.41 Å². The fourth-order valence-electron chi connectivity index (χ4n) is 3.79. The molecule has 1 aromatic rings. The Kier molecular flexibility index (Phi) is 4.32. The van der Waals surface area contributed by atoms with Gasteiger partial charge in [0, 0.05) is 13.1 Å². The van der Waals surface area contributed by atoms with Gasteiger partial charge in [-0.2, -0.15) is 4.31 Å².